The fourth-order valence-electron chi connectivity index (χ4n) is 3.26. The normalized spacial score (nSPS) is 18.8. The molecule has 1 aromatic rings. The molecule has 0 saturated carbocycles. The number of rotatable bonds is 6. The van der Waals surface area contributed by atoms with Crippen LogP contribution in [0.3, 0.4) is 0 Å². The number of hydrogen-bond acceptors (Lipinski definition) is 4. The molecule has 1 amide bonds. The fourth-order valence-corrected chi connectivity index (χ4v) is 5.14. The maximum Gasteiger partial charge on any atom is 0.253 e. The topological polar surface area (TPSA) is 66.9 Å². The van der Waals surface area contributed by atoms with Crippen molar-refractivity contribution >= 4 is 15.9 Å². The van der Waals surface area contributed by atoms with E-state index in [2.05, 4.69) is 0 Å². The Kier molecular flexibility index (Phi) is 6.46. The molecule has 0 aromatic heterocycles. The summed E-state index contributed by atoms with van der Waals surface area (Å²) in [5, 5.41) is 0. The number of piperidine rings is 1. The molecule has 7 heteroatoms. The summed E-state index contributed by atoms with van der Waals surface area (Å²) in [5.41, 5.74) is 0.368. The first-order chi connectivity index (χ1) is 11.9. The minimum absolute atomic E-state index is 0.0504. The highest BCUT2D eigenvalue weighted by Gasteiger charge is 2.33. The average molecular weight is 368 g/mol. The third kappa shape index (κ3) is 3.98. The minimum Gasteiger partial charge on any atom is -0.495 e. The van der Waals surface area contributed by atoms with Crippen LogP contribution in [0.15, 0.2) is 23.1 Å². The van der Waals surface area contributed by atoms with Gasteiger partial charge < -0.3 is 9.64 Å². The molecule has 0 spiro atoms. The highest BCUT2D eigenvalue weighted by atomic mass is 32.2. The average Bonchev–Trinajstić information content (AvgIpc) is 2.62. The molecule has 1 atom stereocenters. The Morgan fingerprint density at radius 3 is 2.52 bits per heavy atom. The van der Waals surface area contributed by atoms with E-state index in [1.54, 1.807) is 17.0 Å². The summed E-state index contributed by atoms with van der Waals surface area (Å²) >= 11 is 0. The van der Waals surface area contributed by atoms with Crippen molar-refractivity contribution in [3.8, 4) is 5.75 Å². The van der Waals surface area contributed by atoms with Gasteiger partial charge in [0.2, 0.25) is 10.0 Å². The molecule has 1 saturated heterocycles. The van der Waals surface area contributed by atoms with Crippen molar-refractivity contribution in [2.45, 2.75) is 51.0 Å². The molecule has 0 radical (unpaired) electrons. The molecule has 0 bridgehead atoms. The second kappa shape index (κ2) is 8.19. The van der Waals surface area contributed by atoms with Gasteiger partial charge in [-0.05, 0) is 51.8 Å². The lowest BCUT2D eigenvalue weighted by molar-refractivity contribution is 0.0772. The zero-order valence-corrected chi connectivity index (χ0v) is 16.3. The van der Waals surface area contributed by atoms with Crippen molar-refractivity contribution in [2.24, 2.45) is 0 Å². The number of methoxy groups -OCH3 is 1. The molecule has 1 aromatic carbocycles. The van der Waals surface area contributed by atoms with E-state index in [4.69, 9.17) is 4.74 Å². The molecule has 1 fully saturated rings. The lowest BCUT2D eigenvalue weighted by Crippen LogP contribution is -2.42. The number of benzene rings is 1. The number of sulfonamides is 1. The Morgan fingerprint density at radius 1 is 1.28 bits per heavy atom. The Balaban J connectivity index is 2.48. The number of hydrogen-bond donors (Lipinski definition) is 0. The molecule has 2 rings (SSSR count). The fraction of sp³-hybridized carbons (Fsp3) is 0.611. The van der Waals surface area contributed by atoms with E-state index in [-0.39, 0.29) is 22.6 Å². The lowest BCUT2D eigenvalue weighted by Gasteiger charge is -2.32. The van der Waals surface area contributed by atoms with Gasteiger partial charge in [0, 0.05) is 31.2 Å². The number of amides is 1. The molecule has 0 N–H and O–H groups in total. The van der Waals surface area contributed by atoms with E-state index in [0.29, 0.717) is 25.2 Å². The molecule has 25 heavy (non-hydrogen) atoms. The monoisotopic (exact) mass is 368 g/mol. The summed E-state index contributed by atoms with van der Waals surface area (Å²) in [7, 11) is -2.27. The van der Waals surface area contributed by atoms with Crippen molar-refractivity contribution in [1.29, 1.82) is 0 Å². The summed E-state index contributed by atoms with van der Waals surface area (Å²) in [6.45, 7) is 7.38. The Labute approximate surface area is 150 Å². The summed E-state index contributed by atoms with van der Waals surface area (Å²) in [5.74, 6) is 0.102. The van der Waals surface area contributed by atoms with Crippen LogP contribution >= 0.6 is 0 Å². The first-order valence-corrected chi connectivity index (χ1v) is 10.3. The van der Waals surface area contributed by atoms with Crippen molar-refractivity contribution in [3.05, 3.63) is 23.8 Å². The molecular formula is C18H28N2O4S. The van der Waals surface area contributed by atoms with Gasteiger partial charge in [-0.15, -0.1) is 0 Å². The lowest BCUT2D eigenvalue weighted by atomic mass is 10.1. The van der Waals surface area contributed by atoms with Gasteiger partial charge >= 0.3 is 0 Å². The minimum atomic E-state index is -3.71. The van der Waals surface area contributed by atoms with Gasteiger partial charge in [0.25, 0.3) is 5.91 Å². The van der Waals surface area contributed by atoms with Gasteiger partial charge in [-0.25, -0.2) is 8.42 Å². The van der Waals surface area contributed by atoms with Crippen LogP contribution in [-0.4, -0.2) is 56.3 Å². The first-order valence-electron chi connectivity index (χ1n) is 8.85. The van der Waals surface area contributed by atoms with Gasteiger partial charge in [-0.3, -0.25) is 4.79 Å². The van der Waals surface area contributed by atoms with Crippen LogP contribution < -0.4 is 4.74 Å². The second-order valence-corrected chi connectivity index (χ2v) is 8.16. The molecule has 6 nitrogen and oxygen atoms in total. The van der Waals surface area contributed by atoms with Crippen LogP contribution in [0, 0.1) is 0 Å². The van der Waals surface area contributed by atoms with Crippen molar-refractivity contribution < 1.29 is 17.9 Å². The molecule has 0 aliphatic carbocycles. The maximum atomic E-state index is 13.2. The summed E-state index contributed by atoms with van der Waals surface area (Å²) in [6.07, 6.45) is 2.73. The SMILES string of the molecule is CCN(CC)C(=O)c1ccc(OC)c(S(=O)(=O)N2CCCCC2C)c1. The third-order valence-corrected chi connectivity index (χ3v) is 6.82. The Hall–Kier alpha value is -1.60. The number of ether oxygens (including phenoxy) is 1. The summed E-state index contributed by atoms with van der Waals surface area (Å²) in [6, 6.07) is 4.59. The molecular weight excluding hydrogens is 340 g/mol. The van der Waals surface area contributed by atoms with E-state index >= 15 is 0 Å². The number of carbonyl (C=O) groups excluding carboxylic acids is 1. The van der Waals surface area contributed by atoms with Crippen LogP contribution in [0.4, 0.5) is 0 Å². The van der Waals surface area contributed by atoms with Gasteiger partial charge in [-0.1, -0.05) is 6.42 Å². The molecule has 140 valence electrons. The Bertz CT molecular complexity index is 714. The van der Waals surface area contributed by atoms with E-state index in [1.165, 1.54) is 17.5 Å². The van der Waals surface area contributed by atoms with Crippen molar-refractivity contribution in [1.82, 2.24) is 9.21 Å². The summed E-state index contributed by atoms with van der Waals surface area (Å²) < 4.78 is 33.2. The van der Waals surface area contributed by atoms with Gasteiger partial charge in [0.05, 0.1) is 7.11 Å². The van der Waals surface area contributed by atoms with Crippen molar-refractivity contribution in [3.63, 3.8) is 0 Å². The van der Waals surface area contributed by atoms with Crippen LogP contribution in [0.2, 0.25) is 0 Å². The Morgan fingerprint density at radius 2 is 1.96 bits per heavy atom. The summed E-state index contributed by atoms with van der Waals surface area (Å²) in [4.78, 5) is 14.3. The van der Waals surface area contributed by atoms with Gasteiger partial charge in [0.1, 0.15) is 10.6 Å². The van der Waals surface area contributed by atoms with Crippen molar-refractivity contribution in [2.75, 3.05) is 26.7 Å². The van der Waals surface area contributed by atoms with Crippen LogP contribution in [-0.2, 0) is 10.0 Å². The number of carbonyl (C=O) groups is 1. The first kappa shape index (κ1) is 19.7. The van der Waals surface area contributed by atoms with Crippen LogP contribution in [0.25, 0.3) is 0 Å². The smallest absolute Gasteiger partial charge is 0.253 e. The molecule has 1 aliphatic heterocycles. The van der Waals surface area contributed by atoms with Crippen LogP contribution in [0.1, 0.15) is 50.4 Å². The molecule has 1 aliphatic rings. The predicted molar refractivity (Wildman–Crippen MR) is 97.5 cm³/mol. The zero-order valence-electron chi connectivity index (χ0n) is 15.5. The van der Waals surface area contributed by atoms with Gasteiger partial charge in [-0.2, -0.15) is 4.31 Å². The maximum absolute atomic E-state index is 13.2. The highest BCUT2D eigenvalue weighted by Crippen LogP contribution is 2.32. The van der Waals surface area contributed by atoms with E-state index in [9.17, 15) is 13.2 Å². The van der Waals surface area contributed by atoms with E-state index < -0.39 is 10.0 Å². The zero-order chi connectivity index (χ0) is 18.6. The second-order valence-electron chi connectivity index (χ2n) is 6.30. The third-order valence-electron chi connectivity index (χ3n) is 4.79. The van der Waals surface area contributed by atoms with Gasteiger partial charge in [0.15, 0.2) is 0 Å². The van der Waals surface area contributed by atoms with Crippen LogP contribution in [0.5, 0.6) is 5.75 Å². The number of nitrogens with zero attached hydrogens (tertiary/aromatic N) is 2. The quantitative estimate of drug-likeness (QED) is 0.774. The standard InChI is InChI=1S/C18H28N2O4S/c1-5-19(6-2)18(21)15-10-11-16(24-4)17(13-15)25(22,23)20-12-8-7-9-14(20)3/h10-11,13-14H,5-9,12H2,1-4H3. The molecule has 1 unspecified atom stereocenters. The molecule has 1 heterocycles. The highest BCUT2D eigenvalue weighted by molar-refractivity contribution is 7.89. The van der Waals surface area contributed by atoms with E-state index in [1.807, 2.05) is 20.8 Å². The predicted octanol–water partition coefficient (Wildman–Crippen LogP) is 2.74. The largest absolute Gasteiger partial charge is 0.495 e. The van der Waals surface area contributed by atoms with E-state index in [0.717, 1.165) is 19.3 Å².